The summed E-state index contributed by atoms with van der Waals surface area (Å²) >= 11 is 0. The van der Waals surface area contributed by atoms with Crippen LogP contribution in [0.2, 0.25) is 0 Å². The molecule has 114 valence electrons. The van der Waals surface area contributed by atoms with Gasteiger partial charge in [0.2, 0.25) is 0 Å². The SMILES string of the molecule is CC1CCCCC1CC(C(O)C(C)(C)C)n1cncn1. The summed E-state index contributed by atoms with van der Waals surface area (Å²) in [5.74, 6) is 1.44. The highest BCUT2D eigenvalue weighted by atomic mass is 16.3. The number of aliphatic hydroxyl groups is 1. The lowest BCUT2D eigenvalue weighted by Crippen LogP contribution is -2.38. The first kappa shape index (κ1) is 15.5. The molecular formula is C16H29N3O. The lowest BCUT2D eigenvalue weighted by atomic mass is 9.74. The maximum atomic E-state index is 10.7. The second kappa shape index (κ2) is 6.25. The first-order valence-electron chi connectivity index (χ1n) is 7.91. The Balaban J connectivity index is 2.15. The van der Waals surface area contributed by atoms with Gasteiger partial charge in [-0.2, -0.15) is 5.10 Å². The van der Waals surface area contributed by atoms with Crippen molar-refractivity contribution in [1.29, 1.82) is 0 Å². The lowest BCUT2D eigenvalue weighted by molar-refractivity contribution is -0.00199. The smallest absolute Gasteiger partial charge is 0.137 e. The van der Waals surface area contributed by atoms with Crippen LogP contribution in [0.4, 0.5) is 0 Å². The summed E-state index contributed by atoms with van der Waals surface area (Å²) in [6.45, 7) is 8.62. The van der Waals surface area contributed by atoms with Gasteiger partial charge in [0.25, 0.3) is 0 Å². The zero-order chi connectivity index (χ0) is 14.8. The first-order chi connectivity index (χ1) is 9.39. The van der Waals surface area contributed by atoms with Crippen LogP contribution in [0, 0.1) is 17.3 Å². The Labute approximate surface area is 122 Å². The van der Waals surface area contributed by atoms with Crippen molar-refractivity contribution in [3.8, 4) is 0 Å². The van der Waals surface area contributed by atoms with Crippen molar-refractivity contribution in [2.24, 2.45) is 17.3 Å². The molecule has 1 heterocycles. The number of rotatable bonds is 4. The van der Waals surface area contributed by atoms with Gasteiger partial charge in [0.15, 0.2) is 0 Å². The van der Waals surface area contributed by atoms with Gasteiger partial charge in [-0.15, -0.1) is 0 Å². The predicted molar refractivity (Wildman–Crippen MR) is 80.3 cm³/mol. The molecule has 0 aromatic carbocycles. The minimum atomic E-state index is -0.404. The van der Waals surface area contributed by atoms with Gasteiger partial charge in [0.1, 0.15) is 12.7 Å². The Morgan fingerprint density at radius 3 is 2.55 bits per heavy atom. The van der Waals surface area contributed by atoms with Crippen LogP contribution in [0.5, 0.6) is 0 Å². The standard InChI is InChI=1S/C16H29N3O/c1-12-7-5-6-8-13(12)9-14(15(20)16(2,3)4)19-11-17-10-18-19/h10-15,20H,5-9H2,1-4H3. The van der Waals surface area contributed by atoms with Gasteiger partial charge in [0, 0.05) is 0 Å². The molecule has 1 saturated carbocycles. The van der Waals surface area contributed by atoms with E-state index in [2.05, 4.69) is 37.8 Å². The fraction of sp³-hybridized carbons (Fsp3) is 0.875. The minimum Gasteiger partial charge on any atom is -0.390 e. The normalized spacial score (nSPS) is 27.2. The number of hydrogen-bond donors (Lipinski definition) is 1. The van der Waals surface area contributed by atoms with E-state index in [0.29, 0.717) is 5.92 Å². The fourth-order valence-electron chi connectivity index (χ4n) is 3.40. The van der Waals surface area contributed by atoms with Gasteiger partial charge >= 0.3 is 0 Å². The highest BCUT2D eigenvalue weighted by Crippen LogP contribution is 2.39. The Kier molecular flexibility index (Phi) is 4.84. The molecule has 1 aliphatic carbocycles. The van der Waals surface area contributed by atoms with Crippen LogP contribution in [0.1, 0.15) is 65.8 Å². The lowest BCUT2D eigenvalue weighted by Gasteiger charge is -2.37. The molecule has 20 heavy (non-hydrogen) atoms. The molecule has 4 atom stereocenters. The van der Waals surface area contributed by atoms with Crippen molar-refractivity contribution < 1.29 is 5.11 Å². The molecular weight excluding hydrogens is 250 g/mol. The van der Waals surface area contributed by atoms with Gasteiger partial charge in [-0.05, 0) is 23.7 Å². The summed E-state index contributed by atoms with van der Waals surface area (Å²) in [6, 6.07) is 0.0306. The Bertz CT molecular complexity index is 396. The number of aromatic nitrogens is 3. The van der Waals surface area contributed by atoms with E-state index in [-0.39, 0.29) is 11.5 Å². The van der Waals surface area contributed by atoms with E-state index in [1.807, 2.05) is 4.68 Å². The van der Waals surface area contributed by atoms with E-state index < -0.39 is 6.10 Å². The summed E-state index contributed by atoms with van der Waals surface area (Å²) in [5.41, 5.74) is -0.144. The summed E-state index contributed by atoms with van der Waals surface area (Å²) in [6.07, 6.45) is 9.18. The molecule has 4 nitrogen and oxygen atoms in total. The largest absolute Gasteiger partial charge is 0.390 e. The van der Waals surface area contributed by atoms with Crippen LogP contribution < -0.4 is 0 Å². The summed E-state index contributed by atoms with van der Waals surface area (Å²) in [4.78, 5) is 4.06. The van der Waals surface area contributed by atoms with Crippen molar-refractivity contribution in [1.82, 2.24) is 14.8 Å². The van der Waals surface area contributed by atoms with E-state index >= 15 is 0 Å². The van der Waals surface area contributed by atoms with E-state index in [1.165, 1.54) is 25.7 Å². The van der Waals surface area contributed by atoms with Crippen molar-refractivity contribution in [2.75, 3.05) is 0 Å². The highest BCUT2D eigenvalue weighted by Gasteiger charge is 2.35. The molecule has 1 aliphatic rings. The molecule has 0 saturated heterocycles. The molecule has 0 radical (unpaired) electrons. The fourth-order valence-corrected chi connectivity index (χ4v) is 3.40. The maximum Gasteiger partial charge on any atom is 0.137 e. The van der Waals surface area contributed by atoms with Crippen LogP contribution in [0.25, 0.3) is 0 Å². The molecule has 2 rings (SSSR count). The zero-order valence-corrected chi connectivity index (χ0v) is 13.3. The number of hydrogen-bond acceptors (Lipinski definition) is 3. The maximum absolute atomic E-state index is 10.7. The van der Waals surface area contributed by atoms with E-state index in [4.69, 9.17) is 0 Å². The average molecular weight is 279 g/mol. The number of aliphatic hydroxyl groups excluding tert-OH is 1. The Morgan fingerprint density at radius 1 is 1.30 bits per heavy atom. The molecule has 4 heteroatoms. The molecule has 1 aromatic heterocycles. The first-order valence-corrected chi connectivity index (χ1v) is 7.91. The highest BCUT2D eigenvalue weighted by molar-refractivity contribution is 4.87. The van der Waals surface area contributed by atoms with Gasteiger partial charge in [0.05, 0.1) is 12.1 Å². The third-order valence-electron chi connectivity index (χ3n) is 4.86. The quantitative estimate of drug-likeness (QED) is 0.918. The van der Waals surface area contributed by atoms with Crippen molar-refractivity contribution in [2.45, 2.75) is 71.9 Å². The third kappa shape index (κ3) is 3.60. The molecule has 0 amide bonds. The van der Waals surface area contributed by atoms with Gasteiger partial charge in [-0.3, -0.25) is 0 Å². The summed E-state index contributed by atoms with van der Waals surface area (Å²) < 4.78 is 1.86. The van der Waals surface area contributed by atoms with Crippen LogP contribution >= 0.6 is 0 Å². The zero-order valence-electron chi connectivity index (χ0n) is 13.3. The topological polar surface area (TPSA) is 50.9 Å². The third-order valence-corrected chi connectivity index (χ3v) is 4.86. The van der Waals surface area contributed by atoms with Gasteiger partial charge in [-0.1, -0.05) is 53.4 Å². The van der Waals surface area contributed by atoms with Crippen molar-refractivity contribution in [3.05, 3.63) is 12.7 Å². The van der Waals surface area contributed by atoms with Crippen molar-refractivity contribution >= 4 is 0 Å². The average Bonchev–Trinajstić information content (AvgIpc) is 2.89. The molecule has 0 aliphatic heterocycles. The molecule has 0 bridgehead atoms. The Hall–Kier alpha value is -0.900. The van der Waals surface area contributed by atoms with Crippen LogP contribution in [-0.2, 0) is 0 Å². The molecule has 4 unspecified atom stereocenters. The minimum absolute atomic E-state index is 0.0306. The molecule has 0 spiro atoms. The second-order valence-corrected chi connectivity index (χ2v) is 7.51. The van der Waals surface area contributed by atoms with Gasteiger partial charge in [-0.25, -0.2) is 9.67 Å². The monoisotopic (exact) mass is 279 g/mol. The van der Waals surface area contributed by atoms with E-state index in [0.717, 1.165) is 12.3 Å². The second-order valence-electron chi connectivity index (χ2n) is 7.51. The van der Waals surface area contributed by atoms with Crippen molar-refractivity contribution in [3.63, 3.8) is 0 Å². The summed E-state index contributed by atoms with van der Waals surface area (Å²) in [5, 5.41) is 15.0. The molecule has 1 fully saturated rings. The number of nitrogens with zero attached hydrogens (tertiary/aromatic N) is 3. The predicted octanol–water partition coefficient (Wildman–Crippen LogP) is 3.44. The van der Waals surface area contributed by atoms with Gasteiger partial charge < -0.3 is 5.11 Å². The van der Waals surface area contributed by atoms with Crippen LogP contribution in [-0.4, -0.2) is 26.0 Å². The molecule has 1 aromatic rings. The van der Waals surface area contributed by atoms with E-state index in [1.54, 1.807) is 12.7 Å². The van der Waals surface area contributed by atoms with Crippen LogP contribution in [0.15, 0.2) is 12.7 Å². The van der Waals surface area contributed by atoms with Crippen LogP contribution in [0.3, 0.4) is 0 Å². The summed E-state index contributed by atoms with van der Waals surface area (Å²) in [7, 11) is 0. The molecule has 1 N–H and O–H groups in total. The van der Waals surface area contributed by atoms with E-state index in [9.17, 15) is 5.11 Å². The Morgan fingerprint density at radius 2 is 2.00 bits per heavy atom.